The van der Waals surface area contributed by atoms with Crippen LogP contribution in [-0.2, 0) is 24.0 Å². The predicted octanol–water partition coefficient (Wildman–Crippen LogP) is 4.50. The summed E-state index contributed by atoms with van der Waals surface area (Å²) in [6, 6.07) is 5.64. The summed E-state index contributed by atoms with van der Waals surface area (Å²) in [6.07, 6.45) is 3.31. The van der Waals surface area contributed by atoms with Crippen LogP contribution in [0.2, 0.25) is 0 Å². The van der Waals surface area contributed by atoms with Crippen LogP contribution in [0.4, 0.5) is 5.95 Å². The molecule has 1 spiro atoms. The second kappa shape index (κ2) is 7.91. The Morgan fingerprint density at radius 1 is 1.24 bits per heavy atom. The number of benzene rings is 1. The molecule has 5 heterocycles. The minimum atomic E-state index is -0.809. The van der Waals surface area contributed by atoms with Crippen LogP contribution in [0.15, 0.2) is 18.2 Å². The molecule has 4 saturated heterocycles. The van der Waals surface area contributed by atoms with Crippen molar-refractivity contribution in [1.82, 2.24) is 9.97 Å². The summed E-state index contributed by atoms with van der Waals surface area (Å²) in [5.41, 5.74) is 0.930. The van der Waals surface area contributed by atoms with Gasteiger partial charge in [0.05, 0.1) is 11.0 Å². The number of imidazole rings is 1. The van der Waals surface area contributed by atoms with Gasteiger partial charge in [-0.3, -0.25) is 10.1 Å². The van der Waals surface area contributed by atoms with E-state index in [2.05, 4.69) is 29.1 Å². The Morgan fingerprint density at radius 2 is 2.09 bits per heavy atom. The van der Waals surface area contributed by atoms with Crippen molar-refractivity contribution in [3.05, 3.63) is 18.2 Å². The molecule has 2 N–H and O–H groups in total. The summed E-state index contributed by atoms with van der Waals surface area (Å²) in [5.74, 6) is 1.32. The number of rotatable bonds is 4. The highest BCUT2D eigenvalue weighted by Gasteiger charge is 2.69. The molecule has 1 aromatic carbocycles. The van der Waals surface area contributed by atoms with Gasteiger partial charge in [-0.05, 0) is 50.2 Å². The molecule has 1 saturated carbocycles. The molecule has 9 heteroatoms. The largest absolute Gasteiger partial charge is 0.464 e. The highest BCUT2D eigenvalue weighted by molar-refractivity contribution is 5.91. The number of anilines is 1. The van der Waals surface area contributed by atoms with Crippen LogP contribution < -0.4 is 10.1 Å². The highest BCUT2D eigenvalue weighted by Crippen LogP contribution is 2.60. The lowest BCUT2D eigenvalue weighted by atomic mass is 9.58. The average molecular weight is 472 g/mol. The minimum absolute atomic E-state index is 0.0813. The van der Waals surface area contributed by atoms with Crippen molar-refractivity contribution in [2.75, 3.05) is 5.32 Å². The Hall–Kier alpha value is -2.20. The van der Waals surface area contributed by atoms with Gasteiger partial charge in [0, 0.05) is 30.7 Å². The van der Waals surface area contributed by atoms with Crippen molar-refractivity contribution in [3.63, 3.8) is 0 Å². The van der Waals surface area contributed by atoms with E-state index in [1.807, 2.05) is 25.1 Å². The van der Waals surface area contributed by atoms with Gasteiger partial charge in [0.2, 0.25) is 23.9 Å². The zero-order valence-electron chi connectivity index (χ0n) is 20.1. The molecule has 2 aromatic rings. The van der Waals surface area contributed by atoms with Crippen LogP contribution in [0.1, 0.15) is 59.8 Å². The maximum atomic E-state index is 11.7. The molecule has 1 amide bonds. The summed E-state index contributed by atoms with van der Waals surface area (Å²) < 4.78 is 19.3. The van der Waals surface area contributed by atoms with E-state index in [1.165, 1.54) is 0 Å². The van der Waals surface area contributed by atoms with Gasteiger partial charge in [0.15, 0.2) is 11.9 Å². The number of fused-ring (bicyclic) bond motifs is 3. The number of nitrogens with one attached hydrogen (secondary N) is 2. The van der Waals surface area contributed by atoms with Crippen LogP contribution in [0.25, 0.3) is 11.0 Å². The maximum absolute atomic E-state index is 11.7. The predicted molar refractivity (Wildman–Crippen MR) is 122 cm³/mol. The van der Waals surface area contributed by atoms with Gasteiger partial charge in [-0.2, -0.15) is 0 Å². The van der Waals surface area contributed by atoms with E-state index >= 15 is 0 Å². The van der Waals surface area contributed by atoms with Crippen LogP contribution in [0, 0.1) is 23.7 Å². The van der Waals surface area contributed by atoms with Crippen LogP contribution in [0.5, 0.6) is 5.75 Å². The second-order valence-corrected chi connectivity index (χ2v) is 10.6. The first-order chi connectivity index (χ1) is 16.3. The van der Waals surface area contributed by atoms with Crippen molar-refractivity contribution in [2.45, 2.75) is 83.8 Å². The molecule has 5 fully saturated rings. The van der Waals surface area contributed by atoms with Crippen LogP contribution in [0.3, 0.4) is 0 Å². The topological polar surface area (TPSA) is 104 Å². The molecule has 1 aromatic heterocycles. The molecule has 8 atom stereocenters. The number of ether oxygens (including phenoxy) is 3. The van der Waals surface area contributed by atoms with Crippen LogP contribution >= 0.6 is 0 Å². The summed E-state index contributed by atoms with van der Waals surface area (Å²) in [6.45, 7) is 8.20. The molecular formula is C25H33N3O6. The number of nitrogens with zero attached hydrogens (tertiary/aromatic N) is 1. The molecular weight excluding hydrogens is 438 g/mol. The number of aromatic nitrogens is 2. The van der Waals surface area contributed by atoms with Gasteiger partial charge in [0.25, 0.3) is 0 Å². The number of hydrogen-bond donors (Lipinski definition) is 2. The summed E-state index contributed by atoms with van der Waals surface area (Å²) in [5, 5.41) is 2.76. The van der Waals surface area contributed by atoms with E-state index in [1.54, 1.807) is 6.92 Å². The lowest BCUT2D eigenvalue weighted by Crippen LogP contribution is -2.70. The number of aromatic amines is 1. The molecule has 2 bridgehead atoms. The maximum Gasteiger partial charge on any atom is 0.226 e. The number of carbonyl (C=O) groups excluding carboxylic acids is 1. The zero-order valence-corrected chi connectivity index (χ0v) is 20.1. The smallest absolute Gasteiger partial charge is 0.226 e. The molecule has 2 unspecified atom stereocenters. The summed E-state index contributed by atoms with van der Waals surface area (Å²) in [4.78, 5) is 31.4. The third-order valence-corrected chi connectivity index (χ3v) is 8.38. The van der Waals surface area contributed by atoms with Gasteiger partial charge < -0.3 is 19.2 Å². The van der Waals surface area contributed by atoms with Gasteiger partial charge in [-0.15, -0.1) is 0 Å². The Morgan fingerprint density at radius 3 is 2.91 bits per heavy atom. The number of amides is 1. The van der Waals surface area contributed by atoms with Gasteiger partial charge >= 0.3 is 0 Å². The fourth-order valence-electron chi connectivity index (χ4n) is 6.48. The summed E-state index contributed by atoms with van der Waals surface area (Å²) >= 11 is 0. The van der Waals surface area contributed by atoms with Gasteiger partial charge in [-0.1, -0.05) is 20.8 Å². The Kier molecular flexibility index (Phi) is 5.18. The first-order valence-corrected chi connectivity index (χ1v) is 12.5. The van der Waals surface area contributed by atoms with Crippen LogP contribution in [-0.4, -0.2) is 39.8 Å². The van der Waals surface area contributed by atoms with Crippen molar-refractivity contribution in [2.24, 2.45) is 23.7 Å². The van der Waals surface area contributed by atoms with E-state index < -0.39 is 24.0 Å². The number of H-pyrrole nitrogens is 1. The SMILES string of the molecule is CCC(=O)Nc1nc2ccc(OC3O[C@@H]4O[C@@]5(C)CC[C@H]6[C@H](C)CCC([C@H]3C)[C@@]46OO5)cc2[nH]1. The molecule has 0 radical (unpaired) electrons. The fourth-order valence-corrected chi connectivity index (χ4v) is 6.48. The lowest BCUT2D eigenvalue weighted by molar-refractivity contribution is -0.575. The van der Waals surface area contributed by atoms with Crippen molar-refractivity contribution in [1.29, 1.82) is 0 Å². The Bertz CT molecular complexity index is 1110. The standard InChI is InChI=1S/C25H33N3O6/c1-5-20(29)28-23-26-18-9-7-15(12-19(18)27-23)30-21-14(3)17-8-6-13(2)16-10-11-24(4)32-22(31-21)25(16,17)34-33-24/h7,9,12-14,16-17,21-22H,5-6,8,10-11H2,1-4H3,(H2,26,27,28,29)/t13-,14-,16+,17?,21?,22-,24-,25-/m1/s1. The second-order valence-electron chi connectivity index (χ2n) is 10.6. The van der Waals surface area contributed by atoms with E-state index in [4.69, 9.17) is 24.0 Å². The van der Waals surface area contributed by atoms with Crippen molar-refractivity contribution < 1.29 is 28.8 Å². The third-order valence-electron chi connectivity index (χ3n) is 8.38. The first-order valence-electron chi connectivity index (χ1n) is 12.5. The molecule has 5 aliphatic rings. The summed E-state index contributed by atoms with van der Waals surface area (Å²) in [7, 11) is 0. The first kappa shape index (κ1) is 22.3. The lowest BCUT2D eigenvalue weighted by Gasteiger charge is -2.60. The molecule has 4 aliphatic heterocycles. The molecule has 34 heavy (non-hydrogen) atoms. The van der Waals surface area contributed by atoms with Crippen molar-refractivity contribution >= 4 is 22.9 Å². The van der Waals surface area contributed by atoms with E-state index in [0.29, 0.717) is 30.0 Å². The molecule has 9 nitrogen and oxygen atoms in total. The average Bonchev–Trinajstić information content (AvgIpc) is 3.07. The Balaban J connectivity index is 1.27. The molecule has 184 valence electrons. The fraction of sp³-hybridized carbons (Fsp3) is 0.680. The normalized spacial score (nSPS) is 41.1. The third kappa shape index (κ3) is 3.36. The monoisotopic (exact) mass is 471 g/mol. The molecule has 1 aliphatic carbocycles. The van der Waals surface area contributed by atoms with Crippen molar-refractivity contribution in [3.8, 4) is 5.75 Å². The Labute approximate surface area is 198 Å². The molecule has 7 rings (SSSR count). The van der Waals surface area contributed by atoms with Gasteiger partial charge in [-0.25, -0.2) is 14.8 Å². The zero-order chi connectivity index (χ0) is 23.7. The van der Waals surface area contributed by atoms with E-state index in [-0.39, 0.29) is 17.7 Å². The number of hydrogen-bond acceptors (Lipinski definition) is 7. The van der Waals surface area contributed by atoms with Gasteiger partial charge in [0.1, 0.15) is 5.75 Å². The quantitative estimate of drug-likeness (QED) is 0.633. The number of carbonyl (C=O) groups is 1. The van der Waals surface area contributed by atoms with E-state index in [0.717, 1.165) is 36.7 Å². The minimum Gasteiger partial charge on any atom is -0.464 e. The highest BCUT2D eigenvalue weighted by atomic mass is 17.3. The van der Waals surface area contributed by atoms with E-state index in [9.17, 15) is 4.79 Å².